The molecular weight excluding hydrogens is 284 g/mol. The third-order valence-corrected chi connectivity index (χ3v) is 3.58. The van der Waals surface area contributed by atoms with Crippen LogP contribution in [-0.2, 0) is 0 Å². The molecule has 0 atom stereocenters. The normalized spacial score (nSPS) is 12.8. The lowest BCUT2D eigenvalue weighted by Gasteiger charge is -2.21. The highest BCUT2D eigenvalue weighted by molar-refractivity contribution is 6.30. The fourth-order valence-electron chi connectivity index (χ4n) is 2.56. The van der Waals surface area contributed by atoms with Crippen molar-refractivity contribution in [2.75, 3.05) is 6.61 Å². The Morgan fingerprint density at radius 3 is 2.18 bits per heavy atom. The van der Waals surface area contributed by atoms with Crippen molar-refractivity contribution in [2.45, 2.75) is 13.3 Å². The van der Waals surface area contributed by atoms with Crippen molar-refractivity contribution in [3.05, 3.63) is 52.6 Å². The van der Waals surface area contributed by atoms with E-state index in [0.717, 1.165) is 0 Å². The van der Waals surface area contributed by atoms with Gasteiger partial charge in [0.1, 0.15) is 5.75 Å². The monoisotopic (exact) mass is 298 g/mol. The summed E-state index contributed by atoms with van der Waals surface area (Å²) in [6.07, 6.45) is 0.704. The molecule has 5 nitrogen and oxygen atoms in total. The van der Waals surface area contributed by atoms with Crippen LogP contribution in [0, 0.1) is 0 Å². The highest BCUT2D eigenvalue weighted by Gasteiger charge is 2.36. The number of ether oxygens (including phenoxy) is 1. The molecule has 0 unspecified atom stereocenters. The Bertz CT molecular complexity index is 792. The molecule has 2 N–H and O–H groups in total. The molecular formula is C17H14O5. The van der Waals surface area contributed by atoms with E-state index in [4.69, 9.17) is 4.74 Å². The van der Waals surface area contributed by atoms with Crippen LogP contribution >= 0.6 is 0 Å². The molecule has 3 rings (SSSR count). The Morgan fingerprint density at radius 1 is 1.00 bits per heavy atom. The number of aromatic hydroxyl groups is 2. The first-order chi connectivity index (χ1) is 10.6. The third-order valence-electron chi connectivity index (χ3n) is 3.58. The lowest BCUT2D eigenvalue weighted by atomic mass is 9.83. The van der Waals surface area contributed by atoms with Gasteiger partial charge in [0.25, 0.3) is 0 Å². The van der Waals surface area contributed by atoms with Gasteiger partial charge >= 0.3 is 0 Å². The number of rotatable bonds is 3. The van der Waals surface area contributed by atoms with Gasteiger partial charge in [-0.05, 0) is 6.42 Å². The van der Waals surface area contributed by atoms with Crippen molar-refractivity contribution in [3.63, 3.8) is 0 Å². The number of phenols is 2. The maximum atomic E-state index is 12.7. The lowest BCUT2D eigenvalue weighted by Crippen LogP contribution is -2.22. The van der Waals surface area contributed by atoms with Crippen LogP contribution in [0.1, 0.15) is 45.2 Å². The maximum absolute atomic E-state index is 12.7. The first-order valence-electron chi connectivity index (χ1n) is 6.96. The predicted molar refractivity (Wildman–Crippen MR) is 78.9 cm³/mol. The van der Waals surface area contributed by atoms with Crippen molar-refractivity contribution in [3.8, 4) is 17.2 Å². The molecule has 0 amide bonds. The molecule has 0 saturated heterocycles. The minimum Gasteiger partial charge on any atom is -0.504 e. The van der Waals surface area contributed by atoms with Crippen molar-refractivity contribution in [1.29, 1.82) is 0 Å². The Hall–Kier alpha value is -2.82. The topological polar surface area (TPSA) is 83.8 Å². The highest BCUT2D eigenvalue weighted by Crippen LogP contribution is 2.43. The Labute approximate surface area is 126 Å². The number of carbonyl (C=O) groups is 2. The van der Waals surface area contributed by atoms with Gasteiger partial charge in [-0.15, -0.1) is 0 Å². The fourth-order valence-corrected chi connectivity index (χ4v) is 2.56. The largest absolute Gasteiger partial charge is 0.504 e. The van der Waals surface area contributed by atoms with E-state index >= 15 is 0 Å². The quantitative estimate of drug-likeness (QED) is 0.726. The minimum absolute atomic E-state index is 0.00690. The zero-order chi connectivity index (χ0) is 15.9. The summed E-state index contributed by atoms with van der Waals surface area (Å²) in [5.74, 6) is -1.86. The first-order valence-corrected chi connectivity index (χ1v) is 6.96. The summed E-state index contributed by atoms with van der Waals surface area (Å²) in [4.78, 5) is 25.2. The standard InChI is InChI=1S/C17H14O5/c1-2-7-22-12-8-11(18)17(21)14-13(12)15(19)9-5-3-4-6-10(9)16(14)20/h3-6,8,18,21H,2,7H2,1H3. The molecule has 112 valence electrons. The average Bonchev–Trinajstić information content (AvgIpc) is 2.53. The molecule has 0 saturated carbocycles. The van der Waals surface area contributed by atoms with Gasteiger partial charge in [0, 0.05) is 17.2 Å². The SMILES string of the molecule is CCCOc1cc(O)c(O)c2c1C(=O)c1ccccc1C2=O. The van der Waals surface area contributed by atoms with E-state index in [9.17, 15) is 19.8 Å². The predicted octanol–water partition coefficient (Wildman–Crippen LogP) is 2.66. The highest BCUT2D eigenvalue weighted by atomic mass is 16.5. The number of ketones is 2. The van der Waals surface area contributed by atoms with Gasteiger partial charge in [0.15, 0.2) is 23.1 Å². The number of hydrogen-bond acceptors (Lipinski definition) is 5. The van der Waals surface area contributed by atoms with Gasteiger partial charge in [0.05, 0.1) is 17.7 Å². The Morgan fingerprint density at radius 2 is 1.59 bits per heavy atom. The van der Waals surface area contributed by atoms with Crippen LogP contribution in [0.2, 0.25) is 0 Å². The molecule has 0 radical (unpaired) electrons. The summed E-state index contributed by atoms with van der Waals surface area (Å²) in [6, 6.07) is 7.56. The smallest absolute Gasteiger partial charge is 0.198 e. The zero-order valence-electron chi connectivity index (χ0n) is 11.9. The molecule has 0 fully saturated rings. The first kappa shape index (κ1) is 14.1. The second kappa shape index (κ2) is 5.18. The third kappa shape index (κ3) is 1.94. The van der Waals surface area contributed by atoms with Crippen molar-refractivity contribution in [1.82, 2.24) is 0 Å². The average molecular weight is 298 g/mol. The van der Waals surface area contributed by atoms with Gasteiger partial charge in [-0.25, -0.2) is 0 Å². The number of benzene rings is 2. The summed E-state index contributed by atoms with van der Waals surface area (Å²) in [7, 11) is 0. The lowest BCUT2D eigenvalue weighted by molar-refractivity contribution is 0.0972. The molecule has 5 heteroatoms. The van der Waals surface area contributed by atoms with Crippen molar-refractivity contribution in [2.24, 2.45) is 0 Å². The molecule has 2 aromatic rings. The van der Waals surface area contributed by atoms with E-state index < -0.39 is 23.1 Å². The zero-order valence-corrected chi connectivity index (χ0v) is 11.9. The van der Waals surface area contributed by atoms with Gasteiger partial charge in [-0.2, -0.15) is 0 Å². The van der Waals surface area contributed by atoms with E-state index in [1.54, 1.807) is 18.2 Å². The summed E-state index contributed by atoms with van der Waals surface area (Å²) in [6.45, 7) is 2.23. The molecule has 0 aliphatic heterocycles. The van der Waals surface area contributed by atoms with Gasteiger partial charge < -0.3 is 14.9 Å². The van der Waals surface area contributed by atoms with E-state index in [2.05, 4.69) is 0 Å². The molecule has 1 aliphatic carbocycles. The minimum atomic E-state index is -0.591. The summed E-state index contributed by atoms with van der Waals surface area (Å²) < 4.78 is 5.48. The van der Waals surface area contributed by atoms with Crippen LogP contribution in [0.4, 0.5) is 0 Å². The molecule has 0 aromatic heterocycles. The van der Waals surface area contributed by atoms with Gasteiger partial charge in [-0.3, -0.25) is 9.59 Å². The summed E-state index contributed by atoms with van der Waals surface area (Å²) in [5.41, 5.74) is 0.288. The van der Waals surface area contributed by atoms with E-state index in [1.165, 1.54) is 12.1 Å². The number of carbonyl (C=O) groups excluding carboxylic acids is 2. The number of phenolic OH excluding ortho intramolecular Hbond substituents is 2. The van der Waals surface area contributed by atoms with Crippen LogP contribution in [0.25, 0.3) is 0 Å². The number of fused-ring (bicyclic) bond motifs is 2. The molecule has 2 aromatic carbocycles. The van der Waals surface area contributed by atoms with Crippen LogP contribution in [0.15, 0.2) is 30.3 Å². The van der Waals surface area contributed by atoms with Crippen LogP contribution < -0.4 is 4.74 Å². The van der Waals surface area contributed by atoms with Gasteiger partial charge in [-0.1, -0.05) is 31.2 Å². The van der Waals surface area contributed by atoms with E-state index in [-0.39, 0.29) is 28.0 Å². The summed E-state index contributed by atoms with van der Waals surface area (Å²) in [5, 5.41) is 19.8. The Balaban J connectivity index is 2.29. The van der Waals surface area contributed by atoms with Crippen LogP contribution in [-0.4, -0.2) is 28.4 Å². The molecule has 0 bridgehead atoms. The molecule has 0 spiro atoms. The van der Waals surface area contributed by atoms with Gasteiger partial charge in [0.2, 0.25) is 0 Å². The van der Waals surface area contributed by atoms with Crippen molar-refractivity contribution < 1.29 is 24.5 Å². The molecule has 0 heterocycles. The second-order valence-corrected chi connectivity index (χ2v) is 5.04. The maximum Gasteiger partial charge on any atom is 0.198 e. The molecule has 1 aliphatic rings. The van der Waals surface area contributed by atoms with Crippen LogP contribution in [0.5, 0.6) is 17.2 Å². The Kier molecular flexibility index (Phi) is 3.33. The van der Waals surface area contributed by atoms with Crippen LogP contribution in [0.3, 0.4) is 0 Å². The second-order valence-electron chi connectivity index (χ2n) is 5.04. The van der Waals surface area contributed by atoms with E-state index in [1.807, 2.05) is 6.92 Å². The fraction of sp³-hybridized carbons (Fsp3) is 0.176. The van der Waals surface area contributed by atoms with Crippen molar-refractivity contribution >= 4 is 11.6 Å². The molecule has 22 heavy (non-hydrogen) atoms. The number of hydrogen-bond donors (Lipinski definition) is 2. The summed E-state index contributed by atoms with van der Waals surface area (Å²) >= 11 is 0. The van der Waals surface area contributed by atoms with E-state index in [0.29, 0.717) is 13.0 Å².